The molecule has 1 aromatic heterocycles. The van der Waals surface area contributed by atoms with Gasteiger partial charge in [0.1, 0.15) is 11.6 Å². The van der Waals surface area contributed by atoms with Gasteiger partial charge in [0.25, 0.3) is 0 Å². The second-order valence-electron chi connectivity index (χ2n) is 11.7. The fourth-order valence-corrected chi connectivity index (χ4v) is 5.99. The minimum Gasteiger partial charge on any atom is -0.508 e. The van der Waals surface area contributed by atoms with Gasteiger partial charge in [-0.1, -0.05) is 44.7 Å². The number of methoxy groups -OCH3 is 1. The van der Waals surface area contributed by atoms with Crippen molar-refractivity contribution in [1.82, 2.24) is 14.9 Å². The van der Waals surface area contributed by atoms with Crippen LogP contribution in [0.4, 0.5) is 11.5 Å². The number of fused-ring (bicyclic) bond motifs is 2. The molecule has 0 bridgehead atoms. The summed E-state index contributed by atoms with van der Waals surface area (Å²) in [4.78, 5) is 26.9. The van der Waals surface area contributed by atoms with Gasteiger partial charge in [-0.25, -0.2) is 0 Å². The summed E-state index contributed by atoms with van der Waals surface area (Å²) in [6.45, 7) is 17.0. The molecule has 2 aromatic carbocycles. The number of aromatic nitrogens is 2. The molecule has 0 aliphatic carbocycles. The van der Waals surface area contributed by atoms with E-state index in [4.69, 9.17) is 19.4 Å². The lowest BCUT2D eigenvalue weighted by Gasteiger charge is -2.34. The minimum absolute atomic E-state index is 0.0185. The Labute approximate surface area is 262 Å². The van der Waals surface area contributed by atoms with E-state index in [9.17, 15) is 9.90 Å². The lowest BCUT2D eigenvalue weighted by Crippen LogP contribution is -2.35. The monoisotopic (exact) mass is 603 g/mol. The number of rotatable bonds is 13. The molecule has 1 unspecified atom stereocenters. The molecule has 3 aromatic rings. The highest BCUT2D eigenvalue weighted by Gasteiger charge is 2.28. The number of hydrogen-bond donors (Lipinski definition) is 1. The zero-order valence-corrected chi connectivity index (χ0v) is 26.9. The summed E-state index contributed by atoms with van der Waals surface area (Å²) in [6, 6.07) is 12.4. The third-order valence-corrected chi connectivity index (χ3v) is 8.19. The molecular formula is C35H49N5O4. The van der Waals surface area contributed by atoms with Gasteiger partial charge in [0.05, 0.1) is 25.5 Å². The van der Waals surface area contributed by atoms with Crippen molar-refractivity contribution in [2.45, 2.75) is 53.0 Å². The maximum absolute atomic E-state index is 10.5. The Kier molecular flexibility index (Phi) is 12.4. The van der Waals surface area contributed by atoms with Crippen molar-refractivity contribution in [1.29, 1.82) is 0 Å². The molecule has 1 fully saturated rings. The summed E-state index contributed by atoms with van der Waals surface area (Å²) in [5.74, 6) is 1.81. The van der Waals surface area contributed by atoms with E-state index in [1.165, 1.54) is 18.6 Å². The maximum Gasteiger partial charge on any atom is 0.318 e. The van der Waals surface area contributed by atoms with Crippen LogP contribution in [0.25, 0.3) is 10.8 Å². The summed E-state index contributed by atoms with van der Waals surface area (Å²) in [5, 5.41) is 12.6. The van der Waals surface area contributed by atoms with Crippen molar-refractivity contribution in [3.05, 3.63) is 60.3 Å². The highest BCUT2D eigenvalue weighted by Crippen LogP contribution is 2.36. The minimum atomic E-state index is 0.0185. The van der Waals surface area contributed by atoms with Crippen LogP contribution in [-0.2, 0) is 22.5 Å². The topological polar surface area (TPSA) is 91.3 Å². The number of carbonyl (C=O) groups excluding carboxylic acids is 1. The molecule has 1 N–H and O–H groups in total. The SMILES string of the molecule is C=CC(C)=O.CCCN(CCC)c1nc(OCC2CCN(CCOC)C2)nc2c1CCN(c1cc(O)cc3ccccc13)C2. The number of carbonyl (C=O) groups is 1. The Morgan fingerprint density at radius 1 is 1.16 bits per heavy atom. The maximum atomic E-state index is 10.5. The zero-order chi connectivity index (χ0) is 31.5. The van der Waals surface area contributed by atoms with Gasteiger partial charge in [0.15, 0.2) is 5.78 Å². The third-order valence-electron chi connectivity index (χ3n) is 8.19. The number of anilines is 2. The first kappa shape index (κ1) is 33.2. The number of phenolic OH excluding ortho intramolecular Hbond substituents is 1. The van der Waals surface area contributed by atoms with Gasteiger partial charge in [-0.2, -0.15) is 9.97 Å². The second-order valence-corrected chi connectivity index (χ2v) is 11.7. The molecule has 5 rings (SSSR count). The quantitative estimate of drug-likeness (QED) is 0.250. The molecule has 3 heterocycles. The number of allylic oxidation sites excluding steroid dienone is 1. The smallest absolute Gasteiger partial charge is 0.318 e. The Balaban J connectivity index is 0.000000818. The normalized spacial score (nSPS) is 16.3. The highest BCUT2D eigenvalue weighted by atomic mass is 16.5. The fourth-order valence-electron chi connectivity index (χ4n) is 5.99. The fraction of sp³-hybridized carbons (Fsp3) is 0.514. The average Bonchev–Trinajstić information content (AvgIpc) is 3.49. The van der Waals surface area contributed by atoms with Gasteiger partial charge in [-0.3, -0.25) is 4.79 Å². The number of nitrogens with zero attached hydrogens (tertiary/aromatic N) is 5. The van der Waals surface area contributed by atoms with Crippen LogP contribution in [0, 0.1) is 5.92 Å². The van der Waals surface area contributed by atoms with Gasteiger partial charge in [0.2, 0.25) is 0 Å². The standard InChI is InChI=1S/C31H43N5O3.C4H6O/c1-4-12-35(13-5-2)30-27-11-15-36(29-19-25(37)18-24-8-6-7-9-26(24)29)21-28(27)32-31(33-30)39-22-23-10-14-34(20-23)16-17-38-3;1-3-4(2)5/h6-9,18-19,23,37H,4-5,10-17,20-22H2,1-3H3;3H,1H2,2H3. The summed E-state index contributed by atoms with van der Waals surface area (Å²) in [5.41, 5.74) is 3.30. The van der Waals surface area contributed by atoms with Crippen molar-refractivity contribution >= 4 is 28.1 Å². The number of likely N-dealkylation sites (tertiary alicyclic amines) is 1. The predicted octanol–water partition coefficient (Wildman–Crippen LogP) is 5.63. The summed E-state index contributed by atoms with van der Waals surface area (Å²) >= 11 is 0. The van der Waals surface area contributed by atoms with E-state index in [2.05, 4.69) is 53.3 Å². The van der Waals surface area contributed by atoms with Crippen molar-refractivity contribution in [3.8, 4) is 11.8 Å². The molecular weight excluding hydrogens is 554 g/mol. The first-order chi connectivity index (χ1) is 21.4. The molecule has 0 spiro atoms. The van der Waals surface area contributed by atoms with Gasteiger partial charge >= 0.3 is 6.01 Å². The van der Waals surface area contributed by atoms with Crippen LogP contribution >= 0.6 is 0 Å². The van der Waals surface area contributed by atoms with Crippen LogP contribution in [0.1, 0.15) is 51.3 Å². The van der Waals surface area contributed by atoms with Crippen molar-refractivity contribution < 1.29 is 19.4 Å². The van der Waals surface area contributed by atoms with E-state index in [-0.39, 0.29) is 11.5 Å². The highest BCUT2D eigenvalue weighted by molar-refractivity contribution is 5.95. The summed E-state index contributed by atoms with van der Waals surface area (Å²) < 4.78 is 11.6. The summed E-state index contributed by atoms with van der Waals surface area (Å²) in [7, 11) is 1.76. The zero-order valence-electron chi connectivity index (χ0n) is 26.9. The van der Waals surface area contributed by atoms with Gasteiger partial charge in [-0.15, -0.1) is 0 Å². The second kappa shape index (κ2) is 16.4. The Morgan fingerprint density at radius 2 is 1.91 bits per heavy atom. The molecule has 2 aliphatic rings. The Hall–Kier alpha value is -3.69. The van der Waals surface area contributed by atoms with Gasteiger partial charge in [-0.05, 0) is 56.7 Å². The molecule has 238 valence electrons. The molecule has 1 saturated heterocycles. The average molecular weight is 604 g/mol. The van der Waals surface area contributed by atoms with Gasteiger partial charge in [0, 0.05) is 68.5 Å². The lowest BCUT2D eigenvalue weighted by molar-refractivity contribution is -0.112. The van der Waals surface area contributed by atoms with Crippen molar-refractivity contribution in [2.24, 2.45) is 5.92 Å². The van der Waals surface area contributed by atoms with E-state index in [1.807, 2.05) is 18.2 Å². The van der Waals surface area contributed by atoms with Crippen molar-refractivity contribution in [2.75, 3.05) is 69.4 Å². The van der Waals surface area contributed by atoms with Crippen molar-refractivity contribution in [3.63, 3.8) is 0 Å². The largest absolute Gasteiger partial charge is 0.508 e. The number of phenols is 1. The van der Waals surface area contributed by atoms with E-state index in [0.29, 0.717) is 25.1 Å². The van der Waals surface area contributed by atoms with Crippen LogP contribution in [0.3, 0.4) is 0 Å². The molecule has 2 aliphatic heterocycles. The van der Waals surface area contributed by atoms with E-state index >= 15 is 0 Å². The molecule has 9 nitrogen and oxygen atoms in total. The number of ketones is 1. The van der Waals surface area contributed by atoms with Crippen LogP contribution in [-0.4, -0.2) is 85.3 Å². The number of benzene rings is 2. The Bertz CT molecular complexity index is 1390. The van der Waals surface area contributed by atoms with Crippen LogP contribution < -0.4 is 14.5 Å². The number of ether oxygens (including phenoxy) is 2. The summed E-state index contributed by atoms with van der Waals surface area (Å²) in [6.07, 6.45) is 5.39. The number of aromatic hydroxyl groups is 1. The molecule has 9 heteroatoms. The van der Waals surface area contributed by atoms with E-state index in [0.717, 1.165) is 99.5 Å². The predicted molar refractivity (Wildman–Crippen MR) is 178 cm³/mol. The molecule has 44 heavy (non-hydrogen) atoms. The molecule has 0 amide bonds. The van der Waals surface area contributed by atoms with Gasteiger partial charge < -0.3 is 29.3 Å². The first-order valence-electron chi connectivity index (χ1n) is 15.9. The Morgan fingerprint density at radius 3 is 2.61 bits per heavy atom. The first-order valence-corrected chi connectivity index (χ1v) is 15.9. The molecule has 0 radical (unpaired) electrons. The van der Waals surface area contributed by atoms with Crippen LogP contribution in [0.2, 0.25) is 0 Å². The molecule has 1 atom stereocenters. The third kappa shape index (κ3) is 8.70. The molecule has 0 saturated carbocycles. The van der Waals surface area contributed by atoms with E-state index in [1.54, 1.807) is 7.11 Å². The number of hydrogen-bond acceptors (Lipinski definition) is 9. The van der Waals surface area contributed by atoms with E-state index < -0.39 is 0 Å². The van der Waals surface area contributed by atoms with Crippen LogP contribution in [0.5, 0.6) is 11.8 Å². The lowest BCUT2D eigenvalue weighted by atomic mass is 10.0. The van der Waals surface area contributed by atoms with Crippen LogP contribution in [0.15, 0.2) is 49.1 Å².